The van der Waals surface area contributed by atoms with Crippen molar-refractivity contribution < 1.29 is 9.47 Å². The Balaban J connectivity index is 1.68. The summed E-state index contributed by atoms with van der Waals surface area (Å²) in [4.78, 5) is 7.20. The third-order valence-corrected chi connectivity index (χ3v) is 2.99. The highest BCUT2D eigenvalue weighted by atomic mass is 16.6. The largest absolute Gasteiger partial charge is 0.486 e. The van der Waals surface area contributed by atoms with Gasteiger partial charge in [0.2, 0.25) is 0 Å². The van der Waals surface area contributed by atoms with E-state index in [0.717, 1.165) is 17.3 Å². The zero-order chi connectivity index (χ0) is 12.4. The molecule has 0 radical (unpaired) electrons. The van der Waals surface area contributed by atoms with Crippen LogP contribution in [0.1, 0.15) is 5.82 Å². The van der Waals surface area contributed by atoms with Gasteiger partial charge in [0.1, 0.15) is 18.5 Å². The van der Waals surface area contributed by atoms with E-state index in [1.165, 1.54) is 0 Å². The van der Waals surface area contributed by atoms with Gasteiger partial charge >= 0.3 is 0 Å². The Kier molecular flexibility index (Phi) is 2.90. The number of nitrogens with one attached hydrogen (secondary N) is 1. The van der Waals surface area contributed by atoms with E-state index in [0.29, 0.717) is 13.0 Å². The van der Waals surface area contributed by atoms with Gasteiger partial charge in [-0.05, 0) is 12.1 Å². The second-order valence-corrected chi connectivity index (χ2v) is 4.32. The van der Waals surface area contributed by atoms with Gasteiger partial charge in [-0.1, -0.05) is 12.1 Å². The molecule has 0 spiro atoms. The van der Waals surface area contributed by atoms with Crippen LogP contribution in [-0.4, -0.2) is 28.7 Å². The first kappa shape index (κ1) is 11.1. The van der Waals surface area contributed by atoms with Crippen molar-refractivity contribution in [3.8, 4) is 11.5 Å². The normalized spacial score (nSPS) is 19.5. The Labute approximate surface area is 105 Å². The van der Waals surface area contributed by atoms with Crippen LogP contribution in [0.25, 0.3) is 0 Å². The monoisotopic (exact) mass is 245 g/mol. The van der Waals surface area contributed by atoms with E-state index in [1.807, 2.05) is 24.3 Å². The predicted octanol–water partition coefficient (Wildman–Crippen LogP) is 1.12. The van der Waals surface area contributed by atoms with Gasteiger partial charge in [-0.2, -0.15) is 0 Å². The Morgan fingerprint density at radius 1 is 1.39 bits per heavy atom. The molecule has 0 saturated carbocycles. The number of ether oxygens (including phenoxy) is 2. The van der Waals surface area contributed by atoms with Crippen molar-refractivity contribution in [3.63, 3.8) is 0 Å². The molecule has 0 bridgehead atoms. The number of benzene rings is 1. The van der Waals surface area contributed by atoms with Gasteiger partial charge in [0.05, 0.1) is 6.04 Å². The zero-order valence-electron chi connectivity index (χ0n) is 9.87. The maximum Gasteiger partial charge on any atom is 0.161 e. The Bertz CT molecular complexity index is 513. The molecule has 0 saturated heterocycles. The molecule has 3 N–H and O–H groups in total. The lowest BCUT2D eigenvalue weighted by Gasteiger charge is -2.29. The van der Waals surface area contributed by atoms with Crippen LogP contribution in [0.15, 0.2) is 36.7 Å². The lowest BCUT2D eigenvalue weighted by atomic mass is 10.1. The summed E-state index contributed by atoms with van der Waals surface area (Å²) >= 11 is 0. The summed E-state index contributed by atoms with van der Waals surface area (Å²) in [6.07, 6.45) is 4.00. The Hall–Kier alpha value is -2.01. The van der Waals surface area contributed by atoms with Crippen LogP contribution in [0, 0.1) is 0 Å². The predicted molar refractivity (Wildman–Crippen MR) is 66.6 cm³/mol. The fourth-order valence-electron chi connectivity index (χ4n) is 2.01. The van der Waals surface area contributed by atoms with Crippen molar-refractivity contribution in [3.05, 3.63) is 42.5 Å². The smallest absolute Gasteiger partial charge is 0.161 e. The summed E-state index contributed by atoms with van der Waals surface area (Å²) in [5.74, 6) is 2.40. The van der Waals surface area contributed by atoms with Gasteiger partial charge in [-0.3, -0.25) is 0 Å². The van der Waals surface area contributed by atoms with Crippen LogP contribution < -0.4 is 15.2 Å². The molecule has 2 aromatic rings. The molecular weight excluding hydrogens is 230 g/mol. The number of hydrogen-bond acceptors (Lipinski definition) is 4. The number of fused-ring (bicyclic) bond motifs is 1. The summed E-state index contributed by atoms with van der Waals surface area (Å²) in [6.45, 7) is 0.471. The van der Waals surface area contributed by atoms with Crippen molar-refractivity contribution >= 4 is 0 Å². The summed E-state index contributed by atoms with van der Waals surface area (Å²) in [5, 5.41) is 0. The molecule has 0 amide bonds. The lowest BCUT2D eigenvalue weighted by Crippen LogP contribution is -2.46. The number of H-pyrrole nitrogens is 1. The minimum Gasteiger partial charge on any atom is -0.486 e. The molecule has 5 nitrogen and oxygen atoms in total. The first-order valence-corrected chi connectivity index (χ1v) is 5.95. The highest BCUT2D eigenvalue weighted by Gasteiger charge is 2.26. The molecule has 94 valence electrons. The van der Waals surface area contributed by atoms with Gasteiger partial charge in [0.25, 0.3) is 0 Å². The fraction of sp³-hybridized carbons (Fsp3) is 0.308. The van der Waals surface area contributed by atoms with Gasteiger partial charge in [-0.15, -0.1) is 0 Å². The van der Waals surface area contributed by atoms with E-state index < -0.39 is 0 Å². The second-order valence-electron chi connectivity index (χ2n) is 4.32. The molecule has 3 rings (SSSR count). The van der Waals surface area contributed by atoms with Crippen LogP contribution in [-0.2, 0) is 6.42 Å². The molecule has 1 aromatic carbocycles. The van der Waals surface area contributed by atoms with Crippen LogP contribution in [0.5, 0.6) is 11.5 Å². The molecule has 0 fully saturated rings. The van der Waals surface area contributed by atoms with E-state index in [9.17, 15) is 0 Å². The topological polar surface area (TPSA) is 73.2 Å². The Morgan fingerprint density at radius 3 is 3.00 bits per heavy atom. The summed E-state index contributed by atoms with van der Waals surface area (Å²) in [7, 11) is 0. The molecule has 5 heteroatoms. The first-order valence-electron chi connectivity index (χ1n) is 5.95. The van der Waals surface area contributed by atoms with Crippen molar-refractivity contribution in [2.45, 2.75) is 18.6 Å². The SMILES string of the molecule is NC(Cc1ncc[nH]1)C1COc2ccccc2O1. The van der Waals surface area contributed by atoms with E-state index in [1.54, 1.807) is 12.4 Å². The molecule has 0 aliphatic carbocycles. The van der Waals surface area contributed by atoms with Crippen molar-refractivity contribution in [2.24, 2.45) is 5.73 Å². The summed E-state index contributed by atoms with van der Waals surface area (Å²) < 4.78 is 11.5. The van der Waals surface area contributed by atoms with Crippen molar-refractivity contribution in [1.29, 1.82) is 0 Å². The zero-order valence-corrected chi connectivity index (χ0v) is 9.87. The molecule has 2 atom stereocenters. The van der Waals surface area contributed by atoms with Gasteiger partial charge in [0, 0.05) is 18.8 Å². The van der Waals surface area contributed by atoms with Crippen LogP contribution in [0.4, 0.5) is 0 Å². The number of hydrogen-bond donors (Lipinski definition) is 2. The maximum absolute atomic E-state index is 6.13. The van der Waals surface area contributed by atoms with E-state index in [-0.39, 0.29) is 12.1 Å². The quantitative estimate of drug-likeness (QED) is 0.850. The molecule has 18 heavy (non-hydrogen) atoms. The summed E-state index contributed by atoms with van der Waals surface area (Å²) in [6, 6.07) is 7.48. The lowest BCUT2D eigenvalue weighted by molar-refractivity contribution is 0.0718. The third kappa shape index (κ3) is 2.17. The number of para-hydroxylation sites is 2. The van der Waals surface area contributed by atoms with Crippen molar-refractivity contribution in [1.82, 2.24) is 9.97 Å². The molecule has 2 heterocycles. The highest BCUT2D eigenvalue weighted by molar-refractivity contribution is 5.40. The number of aromatic nitrogens is 2. The average molecular weight is 245 g/mol. The van der Waals surface area contributed by atoms with Gasteiger partial charge < -0.3 is 20.2 Å². The fourth-order valence-corrected chi connectivity index (χ4v) is 2.01. The second kappa shape index (κ2) is 4.70. The number of imidazole rings is 1. The highest BCUT2D eigenvalue weighted by Crippen LogP contribution is 2.31. The molecule has 1 aliphatic rings. The first-order chi connectivity index (χ1) is 8.83. The number of rotatable bonds is 3. The minimum atomic E-state index is -0.149. The average Bonchev–Trinajstić information content (AvgIpc) is 2.91. The van der Waals surface area contributed by atoms with Crippen LogP contribution in [0.2, 0.25) is 0 Å². The molecule has 1 aliphatic heterocycles. The number of nitrogens with two attached hydrogens (primary N) is 1. The van der Waals surface area contributed by atoms with Gasteiger partial charge in [-0.25, -0.2) is 4.98 Å². The van der Waals surface area contributed by atoms with Gasteiger partial charge in [0.15, 0.2) is 11.5 Å². The van der Waals surface area contributed by atoms with Crippen molar-refractivity contribution in [2.75, 3.05) is 6.61 Å². The Morgan fingerprint density at radius 2 is 2.22 bits per heavy atom. The van der Waals surface area contributed by atoms with E-state index in [4.69, 9.17) is 15.2 Å². The molecule has 2 unspecified atom stereocenters. The molecule has 1 aromatic heterocycles. The van der Waals surface area contributed by atoms with E-state index >= 15 is 0 Å². The van der Waals surface area contributed by atoms with Crippen LogP contribution in [0.3, 0.4) is 0 Å². The number of aromatic amines is 1. The minimum absolute atomic E-state index is 0.148. The summed E-state index contributed by atoms with van der Waals surface area (Å²) in [5.41, 5.74) is 6.13. The van der Waals surface area contributed by atoms with Crippen LogP contribution >= 0.6 is 0 Å². The maximum atomic E-state index is 6.13. The third-order valence-electron chi connectivity index (χ3n) is 2.99. The number of nitrogens with zero attached hydrogens (tertiary/aromatic N) is 1. The standard InChI is InChI=1S/C13H15N3O2/c14-9(7-13-15-5-6-16-13)12-8-17-10-3-1-2-4-11(10)18-12/h1-6,9,12H,7-8,14H2,(H,15,16). The van der Waals surface area contributed by atoms with E-state index in [2.05, 4.69) is 9.97 Å². The molecular formula is C13H15N3O2.